The molecule has 0 spiro atoms. The highest BCUT2D eigenvalue weighted by Gasteiger charge is 2.65. The van der Waals surface area contributed by atoms with E-state index in [1.54, 1.807) is 27.7 Å². The van der Waals surface area contributed by atoms with Crippen molar-refractivity contribution >= 4 is 0 Å². The smallest absolute Gasteiger partial charge is 0.225 e. The Labute approximate surface area is 111 Å². The number of fused-ring (bicyclic) bond motifs is 1. The maximum Gasteiger partial charge on any atom is 0.225 e. The number of rotatable bonds is 1. The van der Waals surface area contributed by atoms with Gasteiger partial charge in [-0.3, -0.25) is 0 Å². The molecule has 0 aromatic carbocycles. The van der Waals surface area contributed by atoms with Crippen molar-refractivity contribution in [3.8, 4) is 0 Å². The van der Waals surface area contributed by atoms with E-state index in [2.05, 4.69) is 0 Å². The summed E-state index contributed by atoms with van der Waals surface area (Å²) in [5, 5.41) is 20.6. The lowest BCUT2D eigenvalue weighted by Crippen LogP contribution is -2.54. The van der Waals surface area contributed by atoms with E-state index in [4.69, 9.17) is 23.7 Å². The second-order valence-corrected chi connectivity index (χ2v) is 6.13. The molecule has 0 aliphatic carbocycles. The zero-order valence-corrected chi connectivity index (χ0v) is 11.5. The Balaban J connectivity index is 1.77. The monoisotopic (exact) mass is 276 g/mol. The van der Waals surface area contributed by atoms with Gasteiger partial charge in [-0.1, -0.05) is 0 Å². The van der Waals surface area contributed by atoms with Crippen LogP contribution in [-0.2, 0) is 23.7 Å². The Kier molecular flexibility index (Phi) is 2.80. The Morgan fingerprint density at radius 2 is 1.58 bits per heavy atom. The van der Waals surface area contributed by atoms with Gasteiger partial charge in [-0.05, 0) is 27.7 Å². The van der Waals surface area contributed by atoms with E-state index in [-0.39, 0.29) is 6.61 Å². The van der Waals surface area contributed by atoms with Crippen LogP contribution in [-0.4, -0.2) is 58.8 Å². The molecule has 3 rings (SSSR count). The highest BCUT2D eigenvalue weighted by Crippen LogP contribution is 2.44. The van der Waals surface area contributed by atoms with Gasteiger partial charge in [0.1, 0.15) is 12.2 Å². The van der Waals surface area contributed by atoms with E-state index in [0.717, 1.165) is 0 Å². The molecule has 3 saturated heterocycles. The van der Waals surface area contributed by atoms with Crippen molar-refractivity contribution in [1.82, 2.24) is 0 Å². The Hall–Kier alpha value is -0.280. The second-order valence-electron chi connectivity index (χ2n) is 6.13. The van der Waals surface area contributed by atoms with Crippen LogP contribution >= 0.6 is 0 Å². The van der Waals surface area contributed by atoms with Crippen LogP contribution in [0.5, 0.6) is 0 Å². The quantitative estimate of drug-likeness (QED) is 0.635. The summed E-state index contributed by atoms with van der Waals surface area (Å²) < 4.78 is 27.6. The van der Waals surface area contributed by atoms with Gasteiger partial charge in [-0.25, -0.2) is 0 Å². The van der Waals surface area contributed by atoms with Gasteiger partial charge in [0, 0.05) is 0 Å². The number of ether oxygens (including phenoxy) is 5. The number of hydrogen-bond acceptors (Lipinski definition) is 7. The summed E-state index contributed by atoms with van der Waals surface area (Å²) in [5.41, 5.74) is 0. The highest BCUT2D eigenvalue weighted by atomic mass is 16.9. The van der Waals surface area contributed by atoms with Crippen LogP contribution in [0.3, 0.4) is 0 Å². The van der Waals surface area contributed by atoms with E-state index in [0.29, 0.717) is 0 Å². The van der Waals surface area contributed by atoms with Gasteiger partial charge in [0.15, 0.2) is 24.0 Å². The largest absolute Gasteiger partial charge is 0.361 e. The van der Waals surface area contributed by atoms with E-state index in [9.17, 15) is 10.2 Å². The molecule has 0 unspecified atom stereocenters. The molecule has 110 valence electrons. The third-order valence-electron chi connectivity index (χ3n) is 3.54. The predicted molar refractivity (Wildman–Crippen MR) is 60.8 cm³/mol. The van der Waals surface area contributed by atoms with Crippen molar-refractivity contribution in [3.05, 3.63) is 0 Å². The molecule has 0 radical (unpaired) electrons. The summed E-state index contributed by atoms with van der Waals surface area (Å²) in [5.74, 6) is -3.83. The third-order valence-corrected chi connectivity index (χ3v) is 3.54. The molecular formula is C12H20O7. The Morgan fingerprint density at radius 3 is 2.11 bits per heavy atom. The van der Waals surface area contributed by atoms with Crippen LogP contribution in [0.1, 0.15) is 27.7 Å². The van der Waals surface area contributed by atoms with Crippen molar-refractivity contribution in [3.63, 3.8) is 0 Å². The fraction of sp³-hybridized carbons (Fsp3) is 1.00. The first-order chi connectivity index (χ1) is 8.61. The van der Waals surface area contributed by atoms with E-state index in [1.165, 1.54) is 0 Å². The van der Waals surface area contributed by atoms with Gasteiger partial charge in [-0.15, -0.1) is 0 Å². The summed E-state index contributed by atoms with van der Waals surface area (Å²) in [7, 11) is 0. The van der Waals surface area contributed by atoms with Gasteiger partial charge in [-0.2, -0.15) is 0 Å². The molecular weight excluding hydrogens is 256 g/mol. The van der Waals surface area contributed by atoms with Gasteiger partial charge in [0.05, 0.1) is 6.61 Å². The molecule has 3 aliphatic heterocycles. The van der Waals surface area contributed by atoms with Crippen LogP contribution in [0.25, 0.3) is 0 Å². The molecule has 19 heavy (non-hydrogen) atoms. The van der Waals surface area contributed by atoms with Crippen LogP contribution < -0.4 is 0 Å². The SMILES string of the molecule is CC1(C)OC[C@@H]([C@@H]2O[C@H]3OC(C)(C)O[C@@H]3C2(O)O)O1. The van der Waals surface area contributed by atoms with Crippen LogP contribution in [0.4, 0.5) is 0 Å². The van der Waals surface area contributed by atoms with Crippen molar-refractivity contribution in [2.24, 2.45) is 0 Å². The molecule has 0 amide bonds. The fourth-order valence-corrected chi connectivity index (χ4v) is 2.75. The Morgan fingerprint density at radius 1 is 0.895 bits per heavy atom. The average molecular weight is 276 g/mol. The zero-order valence-electron chi connectivity index (χ0n) is 11.5. The number of hydrogen-bond donors (Lipinski definition) is 2. The molecule has 7 nitrogen and oxygen atoms in total. The zero-order chi connectivity index (χ0) is 14.1. The van der Waals surface area contributed by atoms with Gasteiger partial charge in [0.2, 0.25) is 5.79 Å². The van der Waals surface area contributed by atoms with Gasteiger partial charge < -0.3 is 33.9 Å². The third kappa shape index (κ3) is 2.19. The summed E-state index contributed by atoms with van der Waals surface area (Å²) in [6, 6.07) is 0. The average Bonchev–Trinajstić information content (AvgIpc) is 2.80. The van der Waals surface area contributed by atoms with Crippen LogP contribution in [0.2, 0.25) is 0 Å². The van der Waals surface area contributed by atoms with Crippen molar-refractivity contribution in [2.45, 2.75) is 69.7 Å². The second kappa shape index (κ2) is 3.88. The summed E-state index contributed by atoms with van der Waals surface area (Å²) >= 11 is 0. The lowest BCUT2D eigenvalue weighted by atomic mass is 10.0. The molecule has 3 fully saturated rings. The minimum Gasteiger partial charge on any atom is -0.361 e. The molecule has 0 saturated carbocycles. The molecule has 3 aliphatic rings. The molecule has 0 aromatic rings. The van der Waals surface area contributed by atoms with Crippen molar-refractivity contribution in [2.75, 3.05) is 6.61 Å². The van der Waals surface area contributed by atoms with Gasteiger partial charge >= 0.3 is 0 Å². The number of aliphatic hydroxyl groups is 2. The summed E-state index contributed by atoms with van der Waals surface area (Å²) in [6.45, 7) is 7.13. The van der Waals surface area contributed by atoms with Gasteiger partial charge in [0.25, 0.3) is 0 Å². The maximum absolute atomic E-state index is 10.3. The topological polar surface area (TPSA) is 86.6 Å². The minimum absolute atomic E-state index is 0.226. The lowest BCUT2D eigenvalue weighted by molar-refractivity contribution is -0.297. The molecule has 7 heteroatoms. The predicted octanol–water partition coefficient (Wildman–Crippen LogP) is -0.305. The van der Waals surface area contributed by atoms with E-state index >= 15 is 0 Å². The van der Waals surface area contributed by atoms with E-state index < -0.39 is 42.0 Å². The molecule has 2 N–H and O–H groups in total. The highest BCUT2D eigenvalue weighted by molar-refractivity contribution is 5.02. The normalized spacial score (nSPS) is 46.4. The van der Waals surface area contributed by atoms with Crippen LogP contribution in [0.15, 0.2) is 0 Å². The first-order valence-corrected chi connectivity index (χ1v) is 6.38. The lowest BCUT2D eigenvalue weighted by Gasteiger charge is -2.31. The fourth-order valence-electron chi connectivity index (χ4n) is 2.75. The molecule has 4 atom stereocenters. The van der Waals surface area contributed by atoms with Crippen LogP contribution in [0, 0.1) is 0 Å². The molecule has 0 aromatic heterocycles. The van der Waals surface area contributed by atoms with E-state index in [1.807, 2.05) is 0 Å². The summed E-state index contributed by atoms with van der Waals surface area (Å²) in [4.78, 5) is 0. The molecule has 0 bridgehead atoms. The standard InChI is InChI=1S/C12H20O7/c1-10(2)15-5-6(17-10)7-12(13,14)8-9(16-7)19-11(3,4)18-8/h6-9,13-14H,5H2,1-4H3/t6-,7-,8-,9-/m0/s1. The molecule has 3 heterocycles. The van der Waals surface area contributed by atoms with Crippen molar-refractivity contribution in [1.29, 1.82) is 0 Å². The first kappa shape index (κ1) is 13.7. The first-order valence-electron chi connectivity index (χ1n) is 6.38. The maximum atomic E-state index is 10.3. The minimum atomic E-state index is -2.17. The Bertz CT molecular complexity index is 378. The summed E-state index contributed by atoms with van der Waals surface area (Å²) in [6.07, 6.45) is -3.33. The van der Waals surface area contributed by atoms with Crippen molar-refractivity contribution < 1.29 is 33.9 Å².